The van der Waals surface area contributed by atoms with E-state index in [1.807, 2.05) is 0 Å². The van der Waals surface area contributed by atoms with Gasteiger partial charge in [-0.05, 0) is 35.9 Å². The fraction of sp³-hybridized carbons (Fsp3) is 0.0714. The lowest BCUT2D eigenvalue weighted by Gasteiger charge is -2.10. The van der Waals surface area contributed by atoms with Crippen molar-refractivity contribution < 1.29 is 14.3 Å². The SMILES string of the molecule is O=C(O)c1cc(Cl)ccc1NCc1ccc(F)c(Cl)c1. The van der Waals surface area contributed by atoms with Gasteiger partial charge in [-0.2, -0.15) is 0 Å². The van der Waals surface area contributed by atoms with Crippen LogP contribution in [0.1, 0.15) is 15.9 Å². The highest BCUT2D eigenvalue weighted by molar-refractivity contribution is 6.31. The molecule has 2 rings (SSSR count). The first-order valence-electron chi connectivity index (χ1n) is 5.68. The van der Waals surface area contributed by atoms with Crippen LogP contribution in [0.3, 0.4) is 0 Å². The molecule has 2 aromatic rings. The van der Waals surface area contributed by atoms with Crippen molar-refractivity contribution in [3.8, 4) is 0 Å². The summed E-state index contributed by atoms with van der Waals surface area (Å²) in [6, 6.07) is 8.86. The number of anilines is 1. The molecular formula is C14H10Cl2FNO2. The number of rotatable bonds is 4. The zero-order valence-corrected chi connectivity index (χ0v) is 11.7. The van der Waals surface area contributed by atoms with Crippen LogP contribution >= 0.6 is 23.2 Å². The standard InChI is InChI=1S/C14H10Cl2FNO2/c15-9-2-4-13(10(6-9)14(19)20)18-7-8-1-3-12(17)11(16)5-8/h1-6,18H,7H2,(H,19,20). The minimum atomic E-state index is -1.08. The fourth-order valence-electron chi connectivity index (χ4n) is 1.69. The van der Waals surface area contributed by atoms with Crippen molar-refractivity contribution in [1.29, 1.82) is 0 Å². The first kappa shape index (κ1) is 14.6. The van der Waals surface area contributed by atoms with Crippen LogP contribution < -0.4 is 5.32 Å². The molecule has 0 aliphatic carbocycles. The predicted octanol–water partition coefficient (Wildman–Crippen LogP) is 4.44. The highest BCUT2D eigenvalue weighted by Crippen LogP contribution is 2.22. The molecule has 2 N–H and O–H groups in total. The zero-order chi connectivity index (χ0) is 14.7. The Morgan fingerprint density at radius 3 is 2.60 bits per heavy atom. The number of carbonyl (C=O) groups is 1. The summed E-state index contributed by atoms with van der Waals surface area (Å²) in [6.45, 7) is 0.321. The molecule has 2 aromatic carbocycles. The van der Waals surface area contributed by atoms with E-state index < -0.39 is 11.8 Å². The molecule has 3 nitrogen and oxygen atoms in total. The van der Waals surface area contributed by atoms with Crippen molar-refractivity contribution in [2.24, 2.45) is 0 Å². The lowest BCUT2D eigenvalue weighted by atomic mass is 10.1. The van der Waals surface area contributed by atoms with Crippen molar-refractivity contribution >= 4 is 34.9 Å². The lowest BCUT2D eigenvalue weighted by molar-refractivity contribution is 0.0698. The average molecular weight is 314 g/mol. The van der Waals surface area contributed by atoms with Gasteiger partial charge in [0, 0.05) is 17.3 Å². The normalized spacial score (nSPS) is 10.3. The van der Waals surface area contributed by atoms with Crippen LogP contribution in [0.5, 0.6) is 0 Å². The Bertz CT molecular complexity index is 662. The monoisotopic (exact) mass is 313 g/mol. The first-order chi connectivity index (χ1) is 9.47. The van der Waals surface area contributed by atoms with Crippen LogP contribution in [0, 0.1) is 5.82 Å². The van der Waals surface area contributed by atoms with Crippen LogP contribution in [-0.4, -0.2) is 11.1 Å². The number of nitrogens with one attached hydrogen (secondary N) is 1. The number of aromatic carboxylic acids is 1. The number of halogens is 3. The summed E-state index contributed by atoms with van der Waals surface area (Å²) in [4.78, 5) is 11.1. The molecule has 0 saturated heterocycles. The summed E-state index contributed by atoms with van der Waals surface area (Å²) >= 11 is 11.4. The third-order valence-electron chi connectivity index (χ3n) is 2.68. The highest BCUT2D eigenvalue weighted by Gasteiger charge is 2.10. The molecule has 104 valence electrons. The summed E-state index contributed by atoms with van der Waals surface area (Å²) in [5.74, 6) is -1.57. The van der Waals surface area contributed by atoms with Crippen LogP contribution in [0.15, 0.2) is 36.4 Å². The number of benzene rings is 2. The van der Waals surface area contributed by atoms with Gasteiger partial charge >= 0.3 is 5.97 Å². The Labute approximate surface area is 124 Å². The van der Waals surface area contributed by atoms with Crippen LogP contribution in [-0.2, 0) is 6.54 Å². The Morgan fingerprint density at radius 1 is 1.20 bits per heavy atom. The average Bonchev–Trinajstić information content (AvgIpc) is 2.41. The van der Waals surface area contributed by atoms with Gasteiger partial charge in [0.25, 0.3) is 0 Å². The van der Waals surface area contributed by atoms with E-state index in [0.29, 0.717) is 17.3 Å². The van der Waals surface area contributed by atoms with Gasteiger partial charge in [-0.15, -0.1) is 0 Å². The van der Waals surface area contributed by atoms with Crippen LogP contribution in [0.25, 0.3) is 0 Å². The molecule has 0 saturated carbocycles. The highest BCUT2D eigenvalue weighted by atomic mass is 35.5. The Balaban J connectivity index is 2.18. The first-order valence-corrected chi connectivity index (χ1v) is 6.43. The van der Waals surface area contributed by atoms with Gasteiger partial charge in [-0.3, -0.25) is 0 Å². The van der Waals surface area contributed by atoms with Crippen LogP contribution in [0.4, 0.5) is 10.1 Å². The second-order valence-corrected chi connectivity index (χ2v) is 4.94. The van der Waals surface area contributed by atoms with E-state index in [9.17, 15) is 9.18 Å². The minimum absolute atomic E-state index is 0.0267. The molecule has 0 aliphatic rings. The van der Waals surface area contributed by atoms with Gasteiger partial charge in [0.15, 0.2) is 0 Å². The predicted molar refractivity (Wildman–Crippen MR) is 77.1 cm³/mol. The van der Waals surface area contributed by atoms with E-state index in [1.54, 1.807) is 18.2 Å². The van der Waals surface area contributed by atoms with Crippen LogP contribution in [0.2, 0.25) is 10.0 Å². The second kappa shape index (κ2) is 6.11. The van der Waals surface area contributed by atoms with Gasteiger partial charge in [0.1, 0.15) is 5.82 Å². The number of hydrogen-bond donors (Lipinski definition) is 2. The van der Waals surface area contributed by atoms with Gasteiger partial charge in [-0.1, -0.05) is 29.3 Å². The molecule has 20 heavy (non-hydrogen) atoms. The van der Waals surface area contributed by atoms with Gasteiger partial charge in [-0.25, -0.2) is 9.18 Å². The Morgan fingerprint density at radius 2 is 1.95 bits per heavy atom. The zero-order valence-electron chi connectivity index (χ0n) is 10.2. The van der Waals surface area contributed by atoms with Gasteiger partial charge in [0.2, 0.25) is 0 Å². The summed E-state index contributed by atoms with van der Waals surface area (Å²) in [5, 5.41) is 12.4. The maximum absolute atomic E-state index is 13.0. The molecule has 0 spiro atoms. The number of carboxylic acid groups (broad SMARTS) is 1. The van der Waals surface area contributed by atoms with Crippen molar-refractivity contribution in [2.45, 2.75) is 6.54 Å². The van der Waals surface area contributed by atoms with Crippen molar-refractivity contribution in [1.82, 2.24) is 0 Å². The molecule has 0 aromatic heterocycles. The second-order valence-electron chi connectivity index (χ2n) is 4.10. The lowest BCUT2D eigenvalue weighted by Crippen LogP contribution is -2.06. The van der Waals surface area contributed by atoms with Crippen molar-refractivity contribution in [3.63, 3.8) is 0 Å². The molecular weight excluding hydrogens is 304 g/mol. The van der Waals surface area contributed by atoms with E-state index in [0.717, 1.165) is 5.56 Å². The molecule has 0 bridgehead atoms. The maximum atomic E-state index is 13.0. The third-order valence-corrected chi connectivity index (χ3v) is 3.20. The summed E-state index contributed by atoms with van der Waals surface area (Å²) in [6.07, 6.45) is 0. The molecule has 0 aliphatic heterocycles. The number of carboxylic acids is 1. The minimum Gasteiger partial charge on any atom is -0.478 e. The quantitative estimate of drug-likeness (QED) is 0.877. The number of hydrogen-bond acceptors (Lipinski definition) is 2. The van der Waals surface area contributed by atoms with E-state index >= 15 is 0 Å². The topological polar surface area (TPSA) is 49.3 Å². The molecule has 0 heterocycles. The molecule has 0 radical (unpaired) electrons. The van der Waals surface area contributed by atoms with E-state index in [1.165, 1.54) is 18.2 Å². The largest absolute Gasteiger partial charge is 0.478 e. The smallest absolute Gasteiger partial charge is 0.337 e. The molecule has 0 unspecified atom stereocenters. The van der Waals surface area contributed by atoms with Crippen molar-refractivity contribution in [2.75, 3.05) is 5.32 Å². The van der Waals surface area contributed by atoms with Gasteiger partial charge < -0.3 is 10.4 Å². The molecule has 0 fully saturated rings. The Kier molecular flexibility index (Phi) is 4.47. The van der Waals surface area contributed by atoms with E-state index in [-0.39, 0.29) is 10.6 Å². The third kappa shape index (κ3) is 3.40. The summed E-state index contributed by atoms with van der Waals surface area (Å²) in [5.41, 5.74) is 1.25. The molecule has 6 heteroatoms. The molecule has 0 atom stereocenters. The fourth-order valence-corrected chi connectivity index (χ4v) is 2.07. The molecule has 0 amide bonds. The summed E-state index contributed by atoms with van der Waals surface area (Å²) in [7, 11) is 0. The van der Waals surface area contributed by atoms with E-state index in [2.05, 4.69) is 5.32 Å². The Hall–Kier alpha value is -1.78. The van der Waals surface area contributed by atoms with Crippen molar-refractivity contribution in [3.05, 3.63) is 63.4 Å². The van der Waals surface area contributed by atoms with E-state index in [4.69, 9.17) is 28.3 Å². The maximum Gasteiger partial charge on any atom is 0.337 e. The summed E-state index contributed by atoms with van der Waals surface area (Å²) < 4.78 is 13.0. The van der Waals surface area contributed by atoms with Gasteiger partial charge in [0.05, 0.1) is 10.6 Å².